The lowest BCUT2D eigenvalue weighted by atomic mass is 9.73. The van der Waals surface area contributed by atoms with E-state index >= 15 is 0 Å². The first kappa shape index (κ1) is 8.26. The average Bonchev–Trinajstić information content (AvgIpc) is 2.07. The van der Waals surface area contributed by atoms with E-state index in [2.05, 4.69) is 4.90 Å². The molecule has 3 aliphatic heterocycles. The summed E-state index contributed by atoms with van der Waals surface area (Å²) in [6, 6.07) is 0. The Labute approximate surface area is 82.0 Å². The molecule has 2 bridgehead atoms. The second-order valence-corrected chi connectivity index (χ2v) is 4.47. The summed E-state index contributed by atoms with van der Waals surface area (Å²) >= 11 is 2.03. The first-order valence-corrected chi connectivity index (χ1v) is 5.19. The Morgan fingerprint density at radius 2 is 1.73 bits per heavy atom. The maximum Gasteiger partial charge on any atom is 0.109 e. The van der Waals surface area contributed by atoms with Crippen molar-refractivity contribution in [2.75, 3.05) is 26.2 Å². The van der Waals surface area contributed by atoms with Crippen molar-refractivity contribution in [1.82, 2.24) is 4.90 Å². The average molecular weight is 267 g/mol. The SMILES string of the molecule is IOCC12CCN(CC1)CC2. The standard InChI is InChI=1S/C8H14INO/c9-11-7-8-1-4-10(5-2-8)6-3-8/h1-7H2. The van der Waals surface area contributed by atoms with Crippen molar-refractivity contribution < 1.29 is 3.07 Å². The van der Waals surface area contributed by atoms with E-state index in [4.69, 9.17) is 3.07 Å². The molecular formula is C8H14INO. The van der Waals surface area contributed by atoms with E-state index in [-0.39, 0.29) is 0 Å². The van der Waals surface area contributed by atoms with Gasteiger partial charge in [-0.25, -0.2) is 0 Å². The zero-order chi connectivity index (χ0) is 7.73. The lowest BCUT2D eigenvalue weighted by Crippen LogP contribution is -2.49. The zero-order valence-electron chi connectivity index (χ0n) is 6.68. The van der Waals surface area contributed by atoms with Crippen LogP contribution in [-0.4, -0.2) is 31.1 Å². The summed E-state index contributed by atoms with van der Waals surface area (Å²) in [4.78, 5) is 2.56. The van der Waals surface area contributed by atoms with Gasteiger partial charge in [-0.3, -0.25) is 0 Å². The van der Waals surface area contributed by atoms with Gasteiger partial charge in [-0.05, 0) is 44.3 Å². The number of rotatable bonds is 2. The highest BCUT2D eigenvalue weighted by Crippen LogP contribution is 2.40. The molecule has 0 N–H and O–H groups in total. The number of halogens is 1. The Morgan fingerprint density at radius 3 is 2.18 bits per heavy atom. The first-order chi connectivity index (χ1) is 5.35. The molecule has 0 aromatic heterocycles. The number of hydrogen-bond donors (Lipinski definition) is 0. The first-order valence-electron chi connectivity index (χ1n) is 4.31. The molecule has 0 aromatic carbocycles. The maximum atomic E-state index is 5.25. The van der Waals surface area contributed by atoms with Gasteiger partial charge in [-0.15, -0.1) is 0 Å². The summed E-state index contributed by atoms with van der Waals surface area (Å²) in [7, 11) is 0. The van der Waals surface area contributed by atoms with Crippen LogP contribution >= 0.6 is 23.0 Å². The van der Waals surface area contributed by atoms with Crippen molar-refractivity contribution in [3.63, 3.8) is 0 Å². The molecule has 3 fully saturated rings. The van der Waals surface area contributed by atoms with Crippen LogP contribution in [0, 0.1) is 5.41 Å². The molecule has 11 heavy (non-hydrogen) atoms. The van der Waals surface area contributed by atoms with Crippen molar-refractivity contribution in [2.24, 2.45) is 5.41 Å². The van der Waals surface area contributed by atoms with Crippen LogP contribution in [0.25, 0.3) is 0 Å². The van der Waals surface area contributed by atoms with Crippen LogP contribution < -0.4 is 0 Å². The summed E-state index contributed by atoms with van der Waals surface area (Å²) in [5.74, 6) is 0. The maximum absolute atomic E-state index is 5.25. The van der Waals surface area contributed by atoms with E-state index in [0.29, 0.717) is 5.41 Å². The van der Waals surface area contributed by atoms with Crippen LogP contribution in [0.5, 0.6) is 0 Å². The smallest absolute Gasteiger partial charge is 0.109 e. The molecule has 0 atom stereocenters. The molecule has 0 aromatic rings. The van der Waals surface area contributed by atoms with E-state index in [1.165, 1.54) is 38.9 Å². The van der Waals surface area contributed by atoms with Crippen molar-refractivity contribution >= 4 is 23.0 Å². The minimum Gasteiger partial charge on any atom is -0.315 e. The zero-order valence-corrected chi connectivity index (χ0v) is 8.84. The second kappa shape index (κ2) is 3.18. The fraction of sp³-hybridized carbons (Fsp3) is 1.00. The van der Waals surface area contributed by atoms with Crippen molar-refractivity contribution in [3.8, 4) is 0 Å². The third-order valence-corrected chi connectivity index (χ3v) is 3.55. The fourth-order valence-electron chi connectivity index (χ4n) is 2.23. The summed E-state index contributed by atoms with van der Waals surface area (Å²) in [6.07, 6.45) is 4.07. The predicted octanol–water partition coefficient (Wildman–Crippen LogP) is 1.84. The van der Waals surface area contributed by atoms with Gasteiger partial charge in [-0.1, -0.05) is 0 Å². The monoisotopic (exact) mass is 267 g/mol. The second-order valence-electron chi connectivity index (χ2n) is 3.85. The molecule has 2 nitrogen and oxygen atoms in total. The molecule has 3 saturated heterocycles. The highest BCUT2D eigenvalue weighted by molar-refractivity contribution is 14.1. The predicted molar refractivity (Wildman–Crippen MR) is 52.7 cm³/mol. The number of nitrogens with zero attached hydrogens (tertiary/aromatic N) is 1. The molecule has 0 unspecified atom stereocenters. The Kier molecular flexibility index (Phi) is 2.39. The van der Waals surface area contributed by atoms with Crippen molar-refractivity contribution in [3.05, 3.63) is 0 Å². The van der Waals surface area contributed by atoms with Crippen molar-refractivity contribution in [1.29, 1.82) is 0 Å². The van der Waals surface area contributed by atoms with Crippen LogP contribution in [0.4, 0.5) is 0 Å². The molecule has 0 aliphatic carbocycles. The highest BCUT2D eigenvalue weighted by Gasteiger charge is 2.39. The summed E-state index contributed by atoms with van der Waals surface area (Å²) < 4.78 is 5.25. The van der Waals surface area contributed by atoms with Crippen LogP contribution in [0.15, 0.2) is 0 Å². The Bertz CT molecular complexity index is 123. The normalized spacial score (nSPS) is 42.8. The topological polar surface area (TPSA) is 12.5 Å². The van der Waals surface area contributed by atoms with Gasteiger partial charge in [-0.2, -0.15) is 0 Å². The number of piperidine rings is 3. The molecule has 3 rings (SSSR count). The van der Waals surface area contributed by atoms with Gasteiger partial charge in [0.1, 0.15) is 23.0 Å². The van der Waals surface area contributed by atoms with E-state index in [1.807, 2.05) is 23.0 Å². The van der Waals surface area contributed by atoms with Crippen LogP contribution in [-0.2, 0) is 3.07 Å². The van der Waals surface area contributed by atoms with E-state index < -0.39 is 0 Å². The Morgan fingerprint density at radius 1 is 1.18 bits per heavy atom. The lowest BCUT2D eigenvalue weighted by molar-refractivity contribution is 0.00251. The van der Waals surface area contributed by atoms with Crippen LogP contribution in [0.1, 0.15) is 19.3 Å². The molecule has 0 spiro atoms. The van der Waals surface area contributed by atoms with Gasteiger partial charge in [0.15, 0.2) is 0 Å². The fourth-order valence-corrected chi connectivity index (χ4v) is 2.89. The van der Waals surface area contributed by atoms with Gasteiger partial charge in [0.2, 0.25) is 0 Å². The molecule has 64 valence electrons. The van der Waals surface area contributed by atoms with Crippen LogP contribution in [0.3, 0.4) is 0 Å². The van der Waals surface area contributed by atoms with Gasteiger partial charge in [0, 0.05) is 0 Å². The van der Waals surface area contributed by atoms with Gasteiger partial charge >= 0.3 is 0 Å². The quantitative estimate of drug-likeness (QED) is 0.708. The van der Waals surface area contributed by atoms with Crippen LogP contribution in [0.2, 0.25) is 0 Å². The Hall–Kier alpha value is 0.650. The van der Waals surface area contributed by atoms with Gasteiger partial charge in [0.05, 0.1) is 6.61 Å². The van der Waals surface area contributed by atoms with Gasteiger partial charge in [0.25, 0.3) is 0 Å². The molecule has 3 aliphatic rings. The van der Waals surface area contributed by atoms with E-state index in [1.54, 1.807) is 0 Å². The highest BCUT2D eigenvalue weighted by atomic mass is 127. The minimum atomic E-state index is 0.565. The molecule has 3 heterocycles. The third-order valence-electron chi connectivity index (χ3n) is 3.24. The molecule has 0 saturated carbocycles. The summed E-state index contributed by atoms with van der Waals surface area (Å²) in [5, 5.41) is 0. The third kappa shape index (κ3) is 1.55. The molecular weight excluding hydrogens is 253 g/mol. The van der Waals surface area contributed by atoms with E-state index in [9.17, 15) is 0 Å². The van der Waals surface area contributed by atoms with Gasteiger partial charge < -0.3 is 7.97 Å². The Balaban J connectivity index is 2.00. The summed E-state index contributed by atoms with van der Waals surface area (Å²) in [6.45, 7) is 4.89. The van der Waals surface area contributed by atoms with Crippen molar-refractivity contribution in [2.45, 2.75) is 19.3 Å². The minimum absolute atomic E-state index is 0.565. The number of hydrogen-bond acceptors (Lipinski definition) is 2. The molecule has 3 heteroatoms. The van der Waals surface area contributed by atoms with E-state index in [0.717, 1.165) is 6.61 Å². The lowest BCUT2D eigenvalue weighted by Gasteiger charge is -2.47. The number of fused-ring (bicyclic) bond motifs is 3. The largest absolute Gasteiger partial charge is 0.315 e. The molecule has 0 amide bonds. The molecule has 0 radical (unpaired) electrons. The summed E-state index contributed by atoms with van der Waals surface area (Å²) in [5.41, 5.74) is 0.565.